The molecule has 0 radical (unpaired) electrons. The van der Waals surface area contributed by atoms with Crippen LogP contribution in [-0.2, 0) is 13.6 Å². The largest absolute Gasteiger partial charge is 0.491 e. The van der Waals surface area contributed by atoms with Crippen LogP contribution >= 0.6 is 12.2 Å². The van der Waals surface area contributed by atoms with Crippen molar-refractivity contribution in [1.29, 1.82) is 0 Å². The quantitative estimate of drug-likeness (QED) is 0.444. The van der Waals surface area contributed by atoms with Crippen LogP contribution in [0.1, 0.15) is 0 Å². The fourth-order valence-corrected chi connectivity index (χ4v) is 3.42. The summed E-state index contributed by atoms with van der Waals surface area (Å²) in [6.45, 7) is 0.0736. The molecule has 1 atom stereocenters. The van der Waals surface area contributed by atoms with Crippen LogP contribution in [0.15, 0.2) is 52.1 Å². The first-order valence-corrected chi connectivity index (χ1v) is 9.06. The highest BCUT2D eigenvalue weighted by atomic mass is 32.1. The Kier molecular flexibility index (Phi) is 4.62. The van der Waals surface area contributed by atoms with E-state index in [2.05, 4.69) is 9.97 Å². The first-order chi connectivity index (χ1) is 13.4. The van der Waals surface area contributed by atoms with Crippen molar-refractivity contribution < 1.29 is 9.84 Å². The second-order valence-electron chi connectivity index (χ2n) is 6.53. The lowest BCUT2D eigenvalue weighted by Gasteiger charge is -2.14. The lowest BCUT2D eigenvalue weighted by molar-refractivity contribution is 0.0931. The number of aliphatic hydroxyl groups is 1. The molecule has 3 N–H and O–H groups in total. The Morgan fingerprint density at radius 2 is 1.89 bits per heavy atom. The summed E-state index contributed by atoms with van der Waals surface area (Å²) in [4.78, 5) is 29.0. The maximum atomic E-state index is 12.2. The van der Waals surface area contributed by atoms with Gasteiger partial charge in [-0.2, -0.15) is 0 Å². The van der Waals surface area contributed by atoms with E-state index in [1.54, 1.807) is 0 Å². The molecule has 2 heterocycles. The summed E-state index contributed by atoms with van der Waals surface area (Å²) in [7, 11) is 1.52. The van der Waals surface area contributed by atoms with Gasteiger partial charge in [-0.1, -0.05) is 30.3 Å². The molecule has 0 bridgehead atoms. The van der Waals surface area contributed by atoms with E-state index in [0.29, 0.717) is 11.4 Å². The number of ether oxygens (including phenoxy) is 1. The summed E-state index contributed by atoms with van der Waals surface area (Å²) in [6.07, 6.45) is -0.909. The molecule has 8 nitrogen and oxygen atoms in total. The Bertz CT molecular complexity index is 1350. The molecule has 0 saturated carbocycles. The van der Waals surface area contributed by atoms with E-state index in [4.69, 9.17) is 17.0 Å². The average molecular weight is 398 g/mol. The van der Waals surface area contributed by atoms with Gasteiger partial charge in [-0.05, 0) is 35.1 Å². The van der Waals surface area contributed by atoms with E-state index in [-0.39, 0.29) is 23.4 Å². The van der Waals surface area contributed by atoms with Crippen molar-refractivity contribution in [2.45, 2.75) is 12.6 Å². The van der Waals surface area contributed by atoms with E-state index in [0.717, 1.165) is 10.8 Å². The molecule has 144 valence electrons. The van der Waals surface area contributed by atoms with Crippen LogP contribution in [0, 0.1) is 4.77 Å². The Morgan fingerprint density at radius 3 is 2.68 bits per heavy atom. The molecular formula is C19H18N4O4S. The zero-order chi connectivity index (χ0) is 19.8. The van der Waals surface area contributed by atoms with Crippen molar-refractivity contribution in [3.63, 3.8) is 0 Å². The molecule has 0 aliphatic carbocycles. The molecule has 9 heteroatoms. The second-order valence-corrected chi connectivity index (χ2v) is 6.92. The summed E-state index contributed by atoms with van der Waals surface area (Å²) in [5.74, 6) is 0.639. The maximum absolute atomic E-state index is 12.2. The molecule has 2 aromatic carbocycles. The highest BCUT2D eigenvalue weighted by Crippen LogP contribution is 2.20. The third kappa shape index (κ3) is 3.25. The van der Waals surface area contributed by atoms with Gasteiger partial charge in [-0.25, -0.2) is 4.79 Å². The van der Waals surface area contributed by atoms with Crippen LogP contribution in [0.5, 0.6) is 5.75 Å². The fraction of sp³-hybridized carbons (Fsp3) is 0.211. The number of H-pyrrole nitrogens is 2. The first-order valence-electron chi connectivity index (χ1n) is 8.65. The third-order valence-electron chi connectivity index (χ3n) is 4.60. The lowest BCUT2D eigenvalue weighted by atomic mass is 10.1. The number of rotatable bonds is 5. The van der Waals surface area contributed by atoms with Gasteiger partial charge in [-0.3, -0.25) is 14.3 Å². The number of imidazole rings is 1. The number of benzene rings is 2. The van der Waals surface area contributed by atoms with Crippen LogP contribution in [0.4, 0.5) is 0 Å². The first kappa shape index (κ1) is 18.2. The van der Waals surface area contributed by atoms with E-state index in [1.807, 2.05) is 42.5 Å². The number of nitrogens with zero attached hydrogens (tertiary/aromatic N) is 2. The maximum Gasteiger partial charge on any atom is 0.329 e. The topological polar surface area (TPSA) is 105 Å². The number of hydrogen-bond donors (Lipinski definition) is 3. The molecule has 4 rings (SSSR count). The van der Waals surface area contributed by atoms with Crippen molar-refractivity contribution >= 4 is 34.2 Å². The number of nitrogens with one attached hydrogen (secondary N) is 2. The van der Waals surface area contributed by atoms with Gasteiger partial charge < -0.3 is 19.4 Å². The minimum atomic E-state index is -0.909. The summed E-state index contributed by atoms with van der Waals surface area (Å²) >= 11 is 5.25. The van der Waals surface area contributed by atoms with Gasteiger partial charge in [0.2, 0.25) is 0 Å². The molecule has 0 amide bonds. The highest BCUT2D eigenvalue weighted by Gasteiger charge is 2.16. The van der Waals surface area contributed by atoms with Gasteiger partial charge in [0.15, 0.2) is 10.3 Å². The number of fused-ring (bicyclic) bond motifs is 2. The Hall–Kier alpha value is -3.17. The number of hydrogen-bond acceptors (Lipinski definition) is 5. The Balaban J connectivity index is 1.55. The number of aromatic amines is 2. The zero-order valence-electron chi connectivity index (χ0n) is 15.0. The monoisotopic (exact) mass is 398 g/mol. The molecule has 0 aliphatic rings. The molecular weight excluding hydrogens is 380 g/mol. The van der Waals surface area contributed by atoms with Crippen molar-refractivity contribution in [2.75, 3.05) is 6.61 Å². The van der Waals surface area contributed by atoms with E-state index in [1.165, 1.54) is 16.2 Å². The molecule has 2 aromatic heterocycles. The van der Waals surface area contributed by atoms with E-state index in [9.17, 15) is 14.7 Å². The average Bonchev–Trinajstić information content (AvgIpc) is 3.01. The van der Waals surface area contributed by atoms with Crippen LogP contribution in [0.3, 0.4) is 0 Å². The van der Waals surface area contributed by atoms with Gasteiger partial charge in [0.1, 0.15) is 24.1 Å². The molecule has 0 fully saturated rings. The molecule has 4 aromatic rings. The minimum Gasteiger partial charge on any atom is -0.491 e. The Morgan fingerprint density at radius 1 is 1.14 bits per heavy atom. The fourth-order valence-electron chi connectivity index (χ4n) is 3.16. The van der Waals surface area contributed by atoms with Crippen molar-refractivity contribution in [2.24, 2.45) is 7.05 Å². The molecule has 0 saturated heterocycles. The molecule has 0 unspecified atom stereocenters. The SMILES string of the molecule is Cn1c(=O)[nH]c(=O)c2c1[nH]c(=S)n2C[C@@H](O)COc1ccc2ccccc2c1. The summed E-state index contributed by atoms with van der Waals surface area (Å²) < 4.78 is 8.68. The van der Waals surface area contributed by atoms with Crippen LogP contribution < -0.4 is 16.0 Å². The van der Waals surface area contributed by atoms with Crippen LogP contribution in [0.25, 0.3) is 21.9 Å². The Labute approximate surface area is 163 Å². The lowest BCUT2D eigenvalue weighted by Crippen LogP contribution is -2.30. The van der Waals surface area contributed by atoms with E-state index < -0.39 is 17.4 Å². The predicted molar refractivity (Wildman–Crippen MR) is 108 cm³/mol. The molecule has 28 heavy (non-hydrogen) atoms. The van der Waals surface area contributed by atoms with Gasteiger partial charge in [0.05, 0.1) is 6.54 Å². The predicted octanol–water partition coefficient (Wildman–Crippen LogP) is 1.68. The number of aromatic nitrogens is 4. The van der Waals surface area contributed by atoms with Gasteiger partial charge in [-0.15, -0.1) is 0 Å². The minimum absolute atomic E-state index is 0.0243. The van der Waals surface area contributed by atoms with Crippen molar-refractivity contribution in [3.8, 4) is 5.75 Å². The number of aliphatic hydroxyl groups excluding tert-OH is 1. The second kappa shape index (κ2) is 7.10. The smallest absolute Gasteiger partial charge is 0.329 e. The van der Waals surface area contributed by atoms with E-state index >= 15 is 0 Å². The highest BCUT2D eigenvalue weighted by molar-refractivity contribution is 7.71. The third-order valence-corrected chi connectivity index (χ3v) is 4.92. The number of aryl methyl sites for hydroxylation is 1. The normalized spacial score (nSPS) is 12.5. The van der Waals surface area contributed by atoms with Crippen molar-refractivity contribution in [1.82, 2.24) is 19.1 Å². The standard InChI is InChI=1S/C19H18N4O4S/c1-22-16-15(17(25)21-18(22)26)23(19(28)20-16)9-13(24)10-27-14-7-6-11-4-2-3-5-12(11)8-14/h2-8,13,24H,9-10H2,1H3,(H,20,28)(H,21,25,26)/t13-/m1/s1. The molecule has 0 aliphatic heterocycles. The summed E-state index contributed by atoms with van der Waals surface area (Å²) in [5.41, 5.74) is -0.590. The van der Waals surface area contributed by atoms with Crippen LogP contribution in [0.2, 0.25) is 0 Å². The van der Waals surface area contributed by atoms with Crippen molar-refractivity contribution in [3.05, 3.63) is 68.1 Å². The molecule has 0 spiro atoms. The zero-order valence-corrected chi connectivity index (χ0v) is 15.8. The van der Waals surface area contributed by atoms with Gasteiger partial charge >= 0.3 is 5.69 Å². The summed E-state index contributed by atoms with van der Waals surface area (Å²) in [5, 5.41) is 12.6. The van der Waals surface area contributed by atoms with Crippen LogP contribution in [-0.4, -0.2) is 36.9 Å². The summed E-state index contributed by atoms with van der Waals surface area (Å²) in [6, 6.07) is 13.6. The van der Waals surface area contributed by atoms with Gasteiger partial charge in [0.25, 0.3) is 5.56 Å². The van der Waals surface area contributed by atoms with Gasteiger partial charge in [0, 0.05) is 7.05 Å².